The van der Waals surface area contributed by atoms with Crippen LogP contribution in [0, 0.1) is 11.7 Å². The van der Waals surface area contributed by atoms with Crippen molar-refractivity contribution in [3.63, 3.8) is 0 Å². The molecule has 0 aliphatic rings. The van der Waals surface area contributed by atoms with Crippen LogP contribution in [0.25, 0.3) is 5.57 Å². The van der Waals surface area contributed by atoms with Crippen molar-refractivity contribution in [2.24, 2.45) is 5.92 Å². The Morgan fingerprint density at radius 3 is 2.08 bits per heavy atom. The molecule has 0 radical (unpaired) electrons. The first-order valence-corrected chi connectivity index (χ1v) is 14.7. The largest absolute Gasteiger partial charge is 0.207 e. The molecule has 0 amide bonds. The topological polar surface area (TPSA) is 0 Å². The molecule has 0 bridgehead atoms. The molecule has 0 saturated carbocycles. The molecule has 1 heteroatoms. The predicted octanol–water partition coefficient (Wildman–Crippen LogP) is 12.1. The molecule has 2 rings (SSSR count). The molecule has 0 fully saturated rings. The molecule has 2 aromatic carbocycles. The van der Waals surface area contributed by atoms with E-state index in [2.05, 4.69) is 71.4 Å². The van der Waals surface area contributed by atoms with Crippen molar-refractivity contribution in [3.05, 3.63) is 115 Å². The highest BCUT2D eigenvalue weighted by Crippen LogP contribution is 2.24. The summed E-state index contributed by atoms with van der Waals surface area (Å²) >= 11 is 0. The molecule has 0 heterocycles. The van der Waals surface area contributed by atoms with Gasteiger partial charge in [0.15, 0.2) is 0 Å². The van der Waals surface area contributed by atoms with E-state index in [0.29, 0.717) is 0 Å². The Bertz CT molecular complexity index is 903. The van der Waals surface area contributed by atoms with Crippen molar-refractivity contribution in [3.8, 4) is 0 Å². The summed E-state index contributed by atoms with van der Waals surface area (Å²) in [6.07, 6.45) is 18.0. The van der Waals surface area contributed by atoms with Gasteiger partial charge in [-0.25, -0.2) is 4.39 Å². The molecule has 210 valence electrons. The lowest BCUT2D eigenvalue weighted by Gasteiger charge is -2.13. The van der Waals surface area contributed by atoms with Crippen LogP contribution in [0.1, 0.15) is 109 Å². The Kier molecular flexibility index (Phi) is 21.8. The van der Waals surface area contributed by atoms with E-state index in [1.165, 1.54) is 79.7 Å². The van der Waals surface area contributed by atoms with Crippen LogP contribution in [0.15, 0.2) is 92.6 Å². The molecule has 0 saturated heterocycles. The molecule has 0 nitrogen and oxygen atoms in total. The molecule has 1 atom stereocenters. The van der Waals surface area contributed by atoms with Gasteiger partial charge in [0.05, 0.1) is 0 Å². The zero-order chi connectivity index (χ0) is 28.6. The van der Waals surface area contributed by atoms with E-state index in [1.54, 1.807) is 18.2 Å². The first-order valence-electron chi connectivity index (χ1n) is 14.7. The normalized spacial score (nSPS) is 10.8. The van der Waals surface area contributed by atoms with Gasteiger partial charge in [0.25, 0.3) is 0 Å². The van der Waals surface area contributed by atoms with Gasteiger partial charge in [-0.1, -0.05) is 114 Å². The van der Waals surface area contributed by atoms with Crippen LogP contribution in [-0.2, 0) is 12.8 Å². The van der Waals surface area contributed by atoms with Crippen LogP contribution in [0.2, 0.25) is 0 Å². The molecule has 0 spiro atoms. The van der Waals surface area contributed by atoms with Gasteiger partial charge >= 0.3 is 0 Å². The summed E-state index contributed by atoms with van der Waals surface area (Å²) in [7, 11) is 0. The molecule has 38 heavy (non-hydrogen) atoms. The fraction of sp³-hybridized carbons (Fsp3) is 0.459. The number of unbranched alkanes of at least 4 members (excludes halogenated alkanes) is 2. The highest BCUT2D eigenvalue weighted by Gasteiger charge is 2.06. The zero-order valence-corrected chi connectivity index (χ0v) is 25.0. The van der Waals surface area contributed by atoms with E-state index in [0.717, 1.165) is 37.2 Å². The van der Waals surface area contributed by atoms with Crippen molar-refractivity contribution < 1.29 is 4.39 Å². The van der Waals surface area contributed by atoms with Gasteiger partial charge < -0.3 is 0 Å². The van der Waals surface area contributed by atoms with Gasteiger partial charge in [-0.3, -0.25) is 0 Å². The van der Waals surface area contributed by atoms with Crippen molar-refractivity contribution in [2.45, 2.75) is 105 Å². The second kappa shape index (κ2) is 23.4. The monoisotopic (exact) mass is 518 g/mol. The van der Waals surface area contributed by atoms with Crippen molar-refractivity contribution in [1.29, 1.82) is 0 Å². The predicted molar refractivity (Wildman–Crippen MR) is 171 cm³/mol. The lowest BCUT2D eigenvalue weighted by Crippen LogP contribution is -1.96. The highest BCUT2D eigenvalue weighted by atomic mass is 19.1. The first kappa shape index (κ1) is 35.3. The molecule has 2 aromatic rings. The van der Waals surface area contributed by atoms with Crippen molar-refractivity contribution in [1.82, 2.24) is 0 Å². The number of hydrogen-bond donors (Lipinski definition) is 0. The van der Waals surface area contributed by atoms with Crippen molar-refractivity contribution >= 4 is 5.57 Å². The summed E-state index contributed by atoms with van der Waals surface area (Å²) < 4.78 is 12.5. The summed E-state index contributed by atoms with van der Waals surface area (Å²) in [6.45, 7) is 24.3. The quantitative estimate of drug-likeness (QED) is 0.153. The number of allylic oxidation sites excluding steroid dienone is 4. The Labute approximate surface area is 235 Å². The summed E-state index contributed by atoms with van der Waals surface area (Å²) in [5.74, 6) is 0.645. The van der Waals surface area contributed by atoms with E-state index in [1.807, 2.05) is 19.1 Å². The van der Waals surface area contributed by atoms with E-state index >= 15 is 0 Å². The Morgan fingerprint density at radius 2 is 1.50 bits per heavy atom. The van der Waals surface area contributed by atoms with Crippen LogP contribution in [0.3, 0.4) is 0 Å². The van der Waals surface area contributed by atoms with Gasteiger partial charge in [-0.2, -0.15) is 0 Å². The fourth-order valence-electron chi connectivity index (χ4n) is 4.15. The molecular weight excluding hydrogens is 463 g/mol. The smallest absolute Gasteiger partial charge is 0.123 e. The molecule has 0 unspecified atom stereocenters. The number of aryl methyl sites for hydroxylation is 1. The zero-order valence-electron chi connectivity index (χ0n) is 25.0. The number of rotatable bonds is 16. The lowest BCUT2D eigenvalue weighted by molar-refractivity contribution is 0.470. The van der Waals surface area contributed by atoms with Crippen LogP contribution < -0.4 is 0 Å². The summed E-state index contributed by atoms with van der Waals surface area (Å²) in [5.41, 5.74) is 6.41. The fourth-order valence-corrected chi connectivity index (χ4v) is 4.15. The van der Waals surface area contributed by atoms with E-state index < -0.39 is 0 Å². The summed E-state index contributed by atoms with van der Waals surface area (Å²) in [5, 5.41) is 0. The Hall–Kier alpha value is -2.67. The Balaban J connectivity index is 0.000000865. The molecule has 0 N–H and O–H groups in total. The number of benzene rings is 2. The van der Waals surface area contributed by atoms with E-state index in [-0.39, 0.29) is 5.82 Å². The summed E-state index contributed by atoms with van der Waals surface area (Å²) in [6, 6.07) is 15.5. The Morgan fingerprint density at radius 1 is 0.842 bits per heavy atom. The minimum Gasteiger partial charge on any atom is -0.207 e. The molecule has 0 aliphatic carbocycles. The first-order chi connectivity index (χ1) is 18.3. The maximum Gasteiger partial charge on any atom is 0.123 e. The van der Waals surface area contributed by atoms with Crippen LogP contribution in [-0.4, -0.2) is 0 Å². The third-order valence-corrected chi connectivity index (χ3v) is 6.47. The number of hydrogen-bond acceptors (Lipinski definition) is 0. The van der Waals surface area contributed by atoms with Gasteiger partial charge in [-0.05, 0) is 98.6 Å². The van der Waals surface area contributed by atoms with Crippen LogP contribution in [0.5, 0.6) is 0 Å². The van der Waals surface area contributed by atoms with E-state index in [9.17, 15) is 4.39 Å². The van der Waals surface area contributed by atoms with Gasteiger partial charge in [0.2, 0.25) is 0 Å². The van der Waals surface area contributed by atoms with Crippen LogP contribution in [0.4, 0.5) is 4.39 Å². The standard InChI is InChI=1S/C25H38.C9H11F.C3H6/c1-6-8-12-21(3)13-9-10-14-22(4)15-16-23(5)25-19-17-24(11-7-2)18-20-25;1-2-4-8-5-3-6-9(10)7-8;1-3-2/h7,17-20,22H,2-3,5-6,8-16H2,1,4H3;3,5-7H,2,4H2,1H3;3H,1H2,2H3/t22-;;/m1../s1. The van der Waals surface area contributed by atoms with E-state index in [4.69, 9.17) is 0 Å². The van der Waals surface area contributed by atoms with Gasteiger partial charge in [-0.15, -0.1) is 13.2 Å². The lowest BCUT2D eigenvalue weighted by atomic mass is 9.93. The average Bonchev–Trinajstić information content (AvgIpc) is 2.90. The van der Waals surface area contributed by atoms with Gasteiger partial charge in [0, 0.05) is 0 Å². The minimum absolute atomic E-state index is 0.133. The van der Waals surface area contributed by atoms with Crippen LogP contribution >= 0.6 is 0 Å². The maximum atomic E-state index is 12.5. The molecule has 0 aromatic heterocycles. The summed E-state index contributed by atoms with van der Waals surface area (Å²) in [4.78, 5) is 0. The maximum absolute atomic E-state index is 12.5. The SMILES string of the molecule is C=CC.C=CCc1ccc(C(=C)CC[C@H](C)CCCCC(=C)CCCC)cc1.CCCc1cccc(F)c1. The van der Waals surface area contributed by atoms with Crippen molar-refractivity contribution in [2.75, 3.05) is 0 Å². The second-order valence-electron chi connectivity index (χ2n) is 10.3. The highest BCUT2D eigenvalue weighted by molar-refractivity contribution is 5.63. The molecular formula is C37H55F. The number of halogens is 1. The second-order valence-corrected chi connectivity index (χ2v) is 10.3. The minimum atomic E-state index is -0.133. The molecule has 0 aliphatic heterocycles. The third kappa shape index (κ3) is 18.6. The average molecular weight is 519 g/mol. The van der Waals surface area contributed by atoms with Gasteiger partial charge in [0.1, 0.15) is 5.82 Å². The third-order valence-electron chi connectivity index (χ3n) is 6.47.